The first-order valence-electron chi connectivity index (χ1n) is 10.1. The van der Waals surface area contributed by atoms with Gasteiger partial charge in [0, 0.05) is 0 Å². The lowest BCUT2D eigenvalue weighted by molar-refractivity contribution is 0.0473. The molecule has 0 saturated carbocycles. The molecule has 0 aliphatic rings. The third kappa shape index (κ3) is 6.03. The van der Waals surface area contributed by atoms with E-state index in [1.54, 1.807) is 30.3 Å². The fourth-order valence-electron chi connectivity index (χ4n) is 3.09. The number of rotatable bonds is 10. The quantitative estimate of drug-likeness (QED) is 0.313. The summed E-state index contributed by atoms with van der Waals surface area (Å²) in [6.45, 7) is -0.605. The number of Topliss-reactive ketones (excluding diaryl/α,β-unsaturated/α-hetero) is 1. The molecule has 9 nitrogen and oxygen atoms in total. The molecular formula is C24H22ClNO8S. The molecule has 0 atom stereocenters. The number of hydrogen-bond donors (Lipinski definition) is 1. The summed E-state index contributed by atoms with van der Waals surface area (Å²) in [6, 6.07) is 14.7. The van der Waals surface area contributed by atoms with Gasteiger partial charge in [-0.2, -0.15) is 0 Å². The molecule has 184 valence electrons. The van der Waals surface area contributed by atoms with Gasteiger partial charge >= 0.3 is 5.97 Å². The molecule has 0 spiro atoms. The van der Waals surface area contributed by atoms with E-state index in [2.05, 4.69) is 4.72 Å². The van der Waals surface area contributed by atoms with Gasteiger partial charge in [-0.3, -0.25) is 9.52 Å². The predicted octanol–water partition coefficient (Wildman–Crippen LogP) is 4.21. The van der Waals surface area contributed by atoms with Crippen LogP contribution in [0.2, 0.25) is 5.02 Å². The van der Waals surface area contributed by atoms with Gasteiger partial charge in [0.15, 0.2) is 6.61 Å². The maximum absolute atomic E-state index is 13.0. The lowest BCUT2D eigenvalue weighted by Crippen LogP contribution is -2.17. The van der Waals surface area contributed by atoms with Gasteiger partial charge in [-0.25, -0.2) is 13.2 Å². The van der Waals surface area contributed by atoms with Crippen LogP contribution >= 0.6 is 11.6 Å². The second-order valence-electron chi connectivity index (χ2n) is 7.02. The van der Waals surface area contributed by atoms with E-state index < -0.39 is 28.4 Å². The molecule has 0 aliphatic heterocycles. The number of anilines is 1. The van der Waals surface area contributed by atoms with Gasteiger partial charge in [-0.1, -0.05) is 23.7 Å². The fraction of sp³-hybridized carbons (Fsp3) is 0.167. The summed E-state index contributed by atoms with van der Waals surface area (Å²) in [4.78, 5) is 24.9. The minimum absolute atomic E-state index is 0.110. The third-order valence-electron chi connectivity index (χ3n) is 4.85. The fourth-order valence-corrected chi connectivity index (χ4v) is 4.69. The highest BCUT2D eigenvalue weighted by Gasteiger charge is 2.23. The van der Waals surface area contributed by atoms with Gasteiger partial charge in [-0.05, 0) is 48.5 Å². The van der Waals surface area contributed by atoms with Crippen molar-refractivity contribution in [2.75, 3.05) is 32.7 Å². The summed E-state index contributed by atoms with van der Waals surface area (Å²) in [5, 5.41) is -0.110. The largest absolute Gasteiger partial charge is 0.497 e. The van der Waals surface area contributed by atoms with E-state index in [4.69, 9.17) is 30.5 Å². The zero-order valence-electron chi connectivity index (χ0n) is 19.0. The monoisotopic (exact) mass is 519 g/mol. The van der Waals surface area contributed by atoms with E-state index in [0.29, 0.717) is 11.5 Å². The van der Waals surface area contributed by atoms with Gasteiger partial charge in [-0.15, -0.1) is 0 Å². The molecule has 0 heterocycles. The summed E-state index contributed by atoms with van der Waals surface area (Å²) in [6.07, 6.45) is 0. The minimum atomic E-state index is -4.19. The first kappa shape index (κ1) is 25.9. The number of ether oxygens (including phenoxy) is 4. The van der Waals surface area contributed by atoms with Crippen LogP contribution in [-0.2, 0) is 14.8 Å². The lowest BCUT2D eigenvalue weighted by Gasteiger charge is -2.13. The highest BCUT2D eigenvalue weighted by atomic mass is 35.5. The molecule has 35 heavy (non-hydrogen) atoms. The van der Waals surface area contributed by atoms with Crippen molar-refractivity contribution in [2.45, 2.75) is 4.90 Å². The van der Waals surface area contributed by atoms with E-state index in [-0.39, 0.29) is 32.5 Å². The average Bonchev–Trinajstić information content (AvgIpc) is 2.86. The van der Waals surface area contributed by atoms with E-state index in [9.17, 15) is 18.0 Å². The van der Waals surface area contributed by atoms with Crippen LogP contribution in [-0.4, -0.2) is 48.1 Å². The highest BCUT2D eigenvalue weighted by Crippen LogP contribution is 2.30. The third-order valence-corrected chi connectivity index (χ3v) is 6.70. The number of carbonyl (C=O) groups excluding carboxylic acids is 2. The number of sulfonamides is 1. The van der Waals surface area contributed by atoms with Gasteiger partial charge < -0.3 is 18.9 Å². The van der Waals surface area contributed by atoms with Crippen molar-refractivity contribution in [2.24, 2.45) is 0 Å². The van der Waals surface area contributed by atoms with Crippen LogP contribution in [0.4, 0.5) is 5.69 Å². The summed E-state index contributed by atoms with van der Waals surface area (Å²) < 4.78 is 48.9. The maximum Gasteiger partial charge on any atom is 0.338 e. The molecule has 3 rings (SSSR count). The number of benzene rings is 3. The Morgan fingerprint density at radius 1 is 0.886 bits per heavy atom. The second-order valence-corrected chi connectivity index (χ2v) is 9.07. The van der Waals surface area contributed by atoms with Crippen LogP contribution in [0.3, 0.4) is 0 Å². The van der Waals surface area contributed by atoms with Crippen LogP contribution in [0.15, 0.2) is 65.6 Å². The van der Waals surface area contributed by atoms with Crippen molar-refractivity contribution in [3.05, 3.63) is 76.8 Å². The van der Waals surface area contributed by atoms with E-state index in [0.717, 1.165) is 6.07 Å². The number of ketones is 1. The highest BCUT2D eigenvalue weighted by molar-refractivity contribution is 7.92. The topological polar surface area (TPSA) is 117 Å². The number of para-hydroxylation sites is 2. The van der Waals surface area contributed by atoms with Crippen molar-refractivity contribution >= 4 is 39.1 Å². The van der Waals surface area contributed by atoms with Crippen LogP contribution < -0.4 is 18.9 Å². The van der Waals surface area contributed by atoms with Crippen LogP contribution in [0, 0.1) is 0 Å². The summed E-state index contributed by atoms with van der Waals surface area (Å²) in [7, 11) is 0.0628. The Bertz CT molecular complexity index is 1360. The second kappa shape index (κ2) is 11.1. The number of halogens is 1. The summed E-state index contributed by atoms with van der Waals surface area (Å²) >= 11 is 6.11. The molecule has 0 aliphatic carbocycles. The molecule has 1 N–H and O–H groups in total. The number of methoxy groups -OCH3 is 3. The Hall–Kier alpha value is -3.76. The first-order valence-corrected chi connectivity index (χ1v) is 11.9. The van der Waals surface area contributed by atoms with E-state index in [1.807, 2.05) is 0 Å². The van der Waals surface area contributed by atoms with Gasteiger partial charge in [0.1, 0.15) is 22.1 Å². The Morgan fingerprint density at radius 3 is 2.29 bits per heavy atom. The molecule has 0 fully saturated rings. The molecular weight excluding hydrogens is 498 g/mol. The number of nitrogens with one attached hydrogen (secondary N) is 1. The molecule has 0 radical (unpaired) electrons. The smallest absolute Gasteiger partial charge is 0.338 e. The van der Waals surface area contributed by atoms with Gasteiger partial charge in [0.05, 0.1) is 43.2 Å². The molecule has 0 aromatic heterocycles. The predicted molar refractivity (Wildman–Crippen MR) is 129 cm³/mol. The number of hydrogen-bond acceptors (Lipinski definition) is 8. The minimum Gasteiger partial charge on any atom is -0.497 e. The molecule has 3 aromatic carbocycles. The molecule has 0 saturated heterocycles. The number of esters is 1. The molecule has 0 amide bonds. The molecule has 0 bridgehead atoms. The Kier molecular flexibility index (Phi) is 8.21. The molecule has 3 aromatic rings. The van der Waals surface area contributed by atoms with Crippen molar-refractivity contribution in [1.82, 2.24) is 0 Å². The van der Waals surface area contributed by atoms with Crippen LogP contribution in [0.5, 0.6) is 17.2 Å². The maximum atomic E-state index is 13.0. The van der Waals surface area contributed by atoms with Crippen molar-refractivity contribution < 1.29 is 37.0 Å². The average molecular weight is 520 g/mol. The van der Waals surface area contributed by atoms with Gasteiger partial charge in [0.2, 0.25) is 5.78 Å². The normalized spacial score (nSPS) is 10.9. The Balaban J connectivity index is 1.79. The van der Waals surface area contributed by atoms with Crippen molar-refractivity contribution in [3.8, 4) is 17.2 Å². The summed E-state index contributed by atoms with van der Waals surface area (Å²) in [5.74, 6) is -0.432. The van der Waals surface area contributed by atoms with Crippen molar-refractivity contribution in [1.29, 1.82) is 0 Å². The Morgan fingerprint density at radius 2 is 1.60 bits per heavy atom. The van der Waals surface area contributed by atoms with Gasteiger partial charge in [0.25, 0.3) is 10.0 Å². The summed E-state index contributed by atoms with van der Waals surface area (Å²) in [5.41, 5.74) is 0.247. The zero-order chi connectivity index (χ0) is 25.6. The van der Waals surface area contributed by atoms with E-state index in [1.165, 1.54) is 45.6 Å². The van der Waals surface area contributed by atoms with Crippen LogP contribution in [0.25, 0.3) is 0 Å². The number of carbonyl (C=O) groups is 2. The SMILES string of the molecule is COc1ccc(OC)c(C(=O)COC(=O)c2ccc(Cl)c(S(=O)(=O)Nc3ccccc3OC)c2)c1. The zero-order valence-corrected chi connectivity index (χ0v) is 20.6. The lowest BCUT2D eigenvalue weighted by atomic mass is 10.1. The van der Waals surface area contributed by atoms with Crippen LogP contribution in [0.1, 0.15) is 20.7 Å². The van der Waals surface area contributed by atoms with Crippen molar-refractivity contribution in [3.63, 3.8) is 0 Å². The molecule has 0 unspecified atom stereocenters. The molecule has 11 heteroatoms. The first-order chi connectivity index (χ1) is 16.7. The Labute approximate surface area is 207 Å². The standard InChI is InChI=1S/C24H22ClNO8S/c1-31-16-9-11-21(32-2)17(13-16)20(27)14-34-24(28)15-8-10-18(25)23(12-15)35(29,30)26-19-6-4-5-7-22(19)33-3/h4-13,26H,14H2,1-3H3. The van der Waals surface area contributed by atoms with E-state index >= 15 is 0 Å².